The fraction of sp³-hybridized carbons (Fsp3) is 0.364. The molecule has 4 aromatic rings. The van der Waals surface area contributed by atoms with Gasteiger partial charge in [-0.15, -0.1) is 0 Å². The number of rotatable bonds is 5. The average molecular weight is 438 g/mol. The first-order valence-electron chi connectivity index (χ1n) is 10.4. The van der Waals surface area contributed by atoms with E-state index in [0.717, 1.165) is 47.9 Å². The number of hydrogen-bond acceptors (Lipinski definition) is 7. The van der Waals surface area contributed by atoms with E-state index < -0.39 is 0 Å². The van der Waals surface area contributed by atoms with Crippen LogP contribution in [-0.2, 0) is 0 Å². The number of aromatic nitrogens is 5. The SMILES string of the molecule is C[C@H](Nc1ncnc2nc[nH]c12)c1cc2cccc(Cl)c2c(OC2CCN(C)CC2)n1. The molecule has 0 radical (unpaired) electrons. The summed E-state index contributed by atoms with van der Waals surface area (Å²) in [4.78, 5) is 23.0. The summed E-state index contributed by atoms with van der Waals surface area (Å²) in [5.41, 5.74) is 2.24. The summed E-state index contributed by atoms with van der Waals surface area (Å²) in [7, 11) is 2.14. The Kier molecular flexibility index (Phi) is 5.33. The van der Waals surface area contributed by atoms with Crippen molar-refractivity contribution in [3.05, 3.63) is 47.6 Å². The molecule has 0 spiro atoms. The van der Waals surface area contributed by atoms with Gasteiger partial charge in [0, 0.05) is 13.1 Å². The summed E-state index contributed by atoms with van der Waals surface area (Å²) < 4.78 is 6.40. The van der Waals surface area contributed by atoms with Crippen LogP contribution in [0, 0.1) is 0 Å². The van der Waals surface area contributed by atoms with Crippen LogP contribution in [0.25, 0.3) is 21.9 Å². The van der Waals surface area contributed by atoms with E-state index in [-0.39, 0.29) is 12.1 Å². The first-order valence-corrected chi connectivity index (χ1v) is 10.8. The Labute approximate surface area is 185 Å². The van der Waals surface area contributed by atoms with Crippen molar-refractivity contribution in [1.82, 2.24) is 29.8 Å². The van der Waals surface area contributed by atoms with Crippen molar-refractivity contribution in [2.24, 2.45) is 0 Å². The third-order valence-electron chi connectivity index (χ3n) is 5.76. The zero-order chi connectivity index (χ0) is 21.4. The van der Waals surface area contributed by atoms with E-state index in [9.17, 15) is 0 Å². The van der Waals surface area contributed by atoms with Gasteiger partial charge in [-0.05, 0) is 44.3 Å². The molecule has 1 atom stereocenters. The molecule has 0 aliphatic carbocycles. The Morgan fingerprint density at radius 1 is 1.23 bits per heavy atom. The molecule has 0 amide bonds. The lowest BCUT2D eigenvalue weighted by molar-refractivity contribution is 0.111. The van der Waals surface area contributed by atoms with Crippen molar-refractivity contribution >= 4 is 39.4 Å². The lowest BCUT2D eigenvalue weighted by atomic mass is 10.1. The minimum absolute atomic E-state index is 0.121. The number of H-pyrrole nitrogens is 1. The fourth-order valence-electron chi connectivity index (χ4n) is 3.97. The van der Waals surface area contributed by atoms with Crippen LogP contribution in [0.1, 0.15) is 31.5 Å². The van der Waals surface area contributed by atoms with Gasteiger partial charge in [0.05, 0.1) is 28.5 Å². The molecule has 3 aromatic heterocycles. The maximum Gasteiger partial charge on any atom is 0.223 e. The Hall–Kier alpha value is -2.97. The molecule has 9 heteroatoms. The first kappa shape index (κ1) is 20.0. The molecule has 1 aliphatic rings. The number of ether oxygens (including phenoxy) is 1. The van der Waals surface area contributed by atoms with Gasteiger partial charge < -0.3 is 19.9 Å². The molecule has 1 aromatic carbocycles. The summed E-state index contributed by atoms with van der Waals surface area (Å²) in [5.74, 6) is 1.27. The van der Waals surface area contributed by atoms with Crippen LogP contribution in [0.15, 0.2) is 36.9 Å². The van der Waals surface area contributed by atoms with Crippen LogP contribution in [-0.4, -0.2) is 56.1 Å². The molecule has 2 N–H and O–H groups in total. The Morgan fingerprint density at radius 2 is 2.06 bits per heavy atom. The quantitative estimate of drug-likeness (QED) is 0.483. The van der Waals surface area contributed by atoms with E-state index in [1.807, 2.05) is 31.2 Å². The third-order valence-corrected chi connectivity index (χ3v) is 6.07. The van der Waals surface area contributed by atoms with E-state index in [1.54, 1.807) is 6.33 Å². The molecule has 4 heterocycles. The van der Waals surface area contributed by atoms with Crippen LogP contribution in [0.4, 0.5) is 5.82 Å². The van der Waals surface area contributed by atoms with Crippen molar-refractivity contribution < 1.29 is 4.74 Å². The monoisotopic (exact) mass is 437 g/mol. The molecule has 8 nitrogen and oxygen atoms in total. The summed E-state index contributed by atoms with van der Waals surface area (Å²) >= 11 is 6.55. The topological polar surface area (TPSA) is 91.9 Å². The van der Waals surface area contributed by atoms with Gasteiger partial charge >= 0.3 is 0 Å². The summed E-state index contributed by atoms with van der Waals surface area (Å²) in [6.45, 7) is 4.08. The van der Waals surface area contributed by atoms with Gasteiger partial charge in [-0.2, -0.15) is 0 Å². The highest BCUT2D eigenvalue weighted by molar-refractivity contribution is 6.36. The lowest BCUT2D eigenvalue weighted by Crippen LogP contribution is -2.35. The van der Waals surface area contributed by atoms with Crippen LogP contribution in [0.2, 0.25) is 5.02 Å². The highest BCUT2D eigenvalue weighted by atomic mass is 35.5. The molecule has 0 unspecified atom stereocenters. The normalized spacial score (nSPS) is 16.6. The Morgan fingerprint density at radius 3 is 2.90 bits per heavy atom. The minimum atomic E-state index is -0.121. The van der Waals surface area contributed by atoms with Crippen molar-refractivity contribution in [3.8, 4) is 5.88 Å². The number of nitrogens with one attached hydrogen (secondary N) is 2. The molecule has 1 saturated heterocycles. The number of anilines is 1. The van der Waals surface area contributed by atoms with Gasteiger partial charge in [0.25, 0.3) is 0 Å². The summed E-state index contributed by atoms with van der Waals surface area (Å²) in [6.07, 6.45) is 5.19. The standard InChI is InChI=1S/C22H24ClN7O/c1-13(28-21-19-20(25-11-24-19)26-12-27-21)17-10-14-4-3-5-16(23)18(14)22(29-17)31-15-6-8-30(2)9-7-15/h3-5,10-13,15H,6-9H2,1-2H3,(H2,24,25,26,27,28)/t13-/m0/s1. The minimum Gasteiger partial charge on any atom is -0.474 e. The molecule has 160 valence electrons. The zero-order valence-corrected chi connectivity index (χ0v) is 18.2. The number of piperidine rings is 1. The summed E-state index contributed by atoms with van der Waals surface area (Å²) in [6, 6.07) is 7.79. The highest BCUT2D eigenvalue weighted by Crippen LogP contribution is 2.34. The van der Waals surface area contributed by atoms with Crippen molar-refractivity contribution in [2.75, 3.05) is 25.5 Å². The molecular weight excluding hydrogens is 414 g/mol. The largest absolute Gasteiger partial charge is 0.474 e. The second-order valence-electron chi connectivity index (χ2n) is 8.00. The molecule has 31 heavy (non-hydrogen) atoms. The third kappa shape index (κ3) is 4.00. The van der Waals surface area contributed by atoms with Gasteiger partial charge in [-0.3, -0.25) is 0 Å². The van der Waals surface area contributed by atoms with Crippen LogP contribution >= 0.6 is 11.6 Å². The van der Waals surface area contributed by atoms with Crippen LogP contribution < -0.4 is 10.1 Å². The maximum atomic E-state index is 6.55. The van der Waals surface area contributed by atoms with Gasteiger partial charge in [0.2, 0.25) is 5.88 Å². The number of hydrogen-bond donors (Lipinski definition) is 2. The number of halogens is 1. The average Bonchev–Trinajstić information content (AvgIpc) is 3.25. The smallest absolute Gasteiger partial charge is 0.223 e. The maximum absolute atomic E-state index is 6.55. The van der Waals surface area contributed by atoms with Gasteiger partial charge in [-0.1, -0.05) is 23.7 Å². The number of pyridine rings is 1. The van der Waals surface area contributed by atoms with Gasteiger partial charge in [0.15, 0.2) is 11.5 Å². The van der Waals surface area contributed by atoms with Crippen molar-refractivity contribution in [1.29, 1.82) is 0 Å². The van der Waals surface area contributed by atoms with E-state index in [1.165, 1.54) is 6.33 Å². The predicted octanol–water partition coefficient (Wildman–Crippen LogP) is 4.20. The molecular formula is C22H24ClN7O. The molecule has 5 rings (SSSR count). The van der Waals surface area contributed by atoms with Gasteiger partial charge in [-0.25, -0.2) is 19.9 Å². The number of aromatic amines is 1. The van der Waals surface area contributed by atoms with E-state index in [4.69, 9.17) is 21.3 Å². The second-order valence-corrected chi connectivity index (χ2v) is 8.41. The van der Waals surface area contributed by atoms with Gasteiger partial charge in [0.1, 0.15) is 17.9 Å². The molecule has 0 saturated carbocycles. The Balaban J connectivity index is 1.49. The van der Waals surface area contributed by atoms with Crippen LogP contribution in [0.3, 0.4) is 0 Å². The highest BCUT2D eigenvalue weighted by Gasteiger charge is 2.22. The summed E-state index contributed by atoms with van der Waals surface area (Å²) in [5, 5.41) is 5.93. The van der Waals surface area contributed by atoms with E-state index in [0.29, 0.717) is 22.4 Å². The number of fused-ring (bicyclic) bond motifs is 2. The lowest BCUT2D eigenvalue weighted by Gasteiger charge is -2.29. The van der Waals surface area contributed by atoms with Crippen LogP contribution in [0.5, 0.6) is 5.88 Å². The number of benzene rings is 1. The van der Waals surface area contributed by atoms with E-state index >= 15 is 0 Å². The number of nitrogens with zero attached hydrogens (tertiary/aromatic N) is 5. The fourth-order valence-corrected chi connectivity index (χ4v) is 4.24. The van der Waals surface area contributed by atoms with Crippen molar-refractivity contribution in [3.63, 3.8) is 0 Å². The second kappa shape index (κ2) is 8.28. The predicted molar refractivity (Wildman–Crippen MR) is 122 cm³/mol. The van der Waals surface area contributed by atoms with E-state index in [2.05, 4.69) is 37.2 Å². The molecule has 1 fully saturated rings. The molecule has 1 aliphatic heterocycles. The Bertz CT molecular complexity index is 1220. The van der Waals surface area contributed by atoms with Crippen molar-refractivity contribution in [2.45, 2.75) is 31.9 Å². The molecule has 0 bridgehead atoms. The zero-order valence-electron chi connectivity index (χ0n) is 17.5. The number of imidazole rings is 1. The first-order chi connectivity index (χ1) is 15.1. The number of likely N-dealkylation sites (tertiary alicyclic amines) is 1.